The third-order valence-corrected chi connectivity index (χ3v) is 4.75. The number of aromatic nitrogens is 1. The largest absolute Gasteiger partial charge is 0.493 e. The molecule has 0 unspecified atom stereocenters. The van der Waals surface area contributed by atoms with Crippen LogP contribution in [0, 0.1) is 6.92 Å². The summed E-state index contributed by atoms with van der Waals surface area (Å²) < 4.78 is 12.2. The third kappa shape index (κ3) is 3.71. The molecule has 0 aliphatic carbocycles. The Morgan fingerprint density at radius 2 is 1.64 bits per heavy atom. The second-order valence-corrected chi connectivity index (χ2v) is 6.55. The summed E-state index contributed by atoms with van der Waals surface area (Å²) >= 11 is 0. The Morgan fingerprint density at radius 1 is 1.04 bits per heavy atom. The lowest BCUT2D eigenvalue weighted by molar-refractivity contribution is 0.0952. The quantitative estimate of drug-likeness (QED) is 0.713. The number of amides is 1. The number of hydrogen-bond donors (Lipinski definition) is 1. The SMILES string of the molecule is CCn1cc(C(=O)NCc2ccc(C)cc2)c2cc(OC)c(OC)cc2c1=O. The lowest BCUT2D eigenvalue weighted by atomic mass is 10.1. The molecule has 1 N–H and O–H groups in total. The van der Waals surface area contributed by atoms with Crippen molar-refractivity contribution in [3.8, 4) is 11.5 Å². The molecule has 146 valence electrons. The van der Waals surface area contributed by atoms with Gasteiger partial charge in [-0.2, -0.15) is 0 Å². The minimum atomic E-state index is -0.250. The van der Waals surface area contributed by atoms with Crippen molar-refractivity contribution in [2.75, 3.05) is 14.2 Å². The molecule has 2 aromatic carbocycles. The highest BCUT2D eigenvalue weighted by atomic mass is 16.5. The molecule has 0 saturated heterocycles. The number of fused-ring (bicyclic) bond motifs is 1. The molecule has 0 saturated carbocycles. The summed E-state index contributed by atoms with van der Waals surface area (Å²) in [6.45, 7) is 4.74. The van der Waals surface area contributed by atoms with Crippen LogP contribution in [0.3, 0.4) is 0 Å². The van der Waals surface area contributed by atoms with Gasteiger partial charge in [-0.3, -0.25) is 9.59 Å². The summed E-state index contributed by atoms with van der Waals surface area (Å²) in [7, 11) is 3.04. The van der Waals surface area contributed by atoms with Gasteiger partial charge in [0.05, 0.1) is 25.2 Å². The number of carbonyl (C=O) groups excluding carboxylic acids is 1. The normalized spacial score (nSPS) is 10.7. The van der Waals surface area contributed by atoms with Gasteiger partial charge in [0.1, 0.15) is 0 Å². The number of aryl methyl sites for hydroxylation is 2. The van der Waals surface area contributed by atoms with Crippen LogP contribution in [-0.2, 0) is 13.1 Å². The standard InChI is InChI=1S/C22H24N2O4/c1-5-24-13-18(21(25)23-12-15-8-6-14(2)7-9-15)16-10-19(27-3)20(28-4)11-17(16)22(24)26/h6-11,13H,5,12H2,1-4H3,(H,23,25). The van der Waals surface area contributed by atoms with Crippen molar-refractivity contribution in [3.63, 3.8) is 0 Å². The predicted molar refractivity (Wildman–Crippen MR) is 109 cm³/mol. The molecule has 0 aliphatic rings. The smallest absolute Gasteiger partial charge is 0.258 e. The van der Waals surface area contributed by atoms with Gasteiger partial charge in [0.2, 0.25) is 0 Å². The van der Waals surface area contributed by atoms with E-state index in [-0.39, 0.29) is 11.5 Å². The zero-order chi connectivity index (χ0) is 20.3. The van der Waals surface area contributed by atoms with Crippen molar-refractivity contribution < 1.29 is 14.3 Å². The summed E-state index contributed by atoms with van der Waals surface area (Å²) in [5, 5.41) is 3.89. The molecule has 0 spiro atoms. The van der Waals surface area contributed by atoms with Crippen LogP contribution in [0.4, 0.5) is 0 Å². The van der Waals surface area contributed by atoms with Gasteiger partial charge >= 0.3 is 0 Å². The number of nitrogens with one attached hydrogen (secondary N) is 1. The maximum absolute atomic E-state index is 12.9. The number of hydrogen-bond acceptors (Lipinski definition) is 4. The monoisotopic (exact) mass is 380 g/mol. The van der Waals surface area contributed by atoms with Crippen molar-refractivity contribution in [1.82, 2.24) is 9.88 Å². The second-order valence-electron chi connectivity index (χ2n) is 6.55. The lowest BCUT2D eigenvalue weighted by Gasteiger charge is -2.14. The molecular formula is C22H24N2O4. The molecule has 6 heteroatoms. The van der Waals surface area contributed by atoms with E-state index >= 15 is 0 Å². The zero-order valence-electron chi connectivity index (χ0n) is 16.5. The van der Waals surface area contributed by atoms with Crippen molar-refractivity contribution in [1.29, 1.82) is 0 Å². The third-order valence-electron chi connectivity index (χ3n) is 4.75. The molecule has 6 nitrogen and oxygen atoms in total. The van der Waals surface area contributed by atoms with Crippen LogP contribution >= 0.6 is 0 Å². The van der Waals surface area contributed by atoms with Gasteiger partial charge in [-0.05, 0) is 31.5 Å². The number of methoxy groups -OCH3 is 2. The molecule has 28 heavy (non-hydrogen) atoms. The Bertz CT molecular complexity index is 1070. The van der Waals surface area contributed by atoms with E-state index < -0.39 is 0 Å². The van der Waals surface area contributed by atoms with Crippen LogP contribution in [0.5, 0.6) is 11.5 Å². The molecule has 0 bridgehead atoms. The molecule has 3 aromatic rings. The van der Waals surface area contributed by atoms with Crippen LogP contribution in [0.1, 0.15) is 28.4 Å². The highest BCUT2D eigenvalue weighted by molar-refractivity contribution is 6.07. The van der Waals surface area contributed by atoms with E-state index in [1.165, 1.54) is 18.8 Å². The van der Waals surface area contributed by atoms with E-state index in [0.29, 0.717) is 40.9 Å². The first-order valence-electron chi connectivity index (χ1n) is 9.11. The molecule has 0 aliphatic heterocycles. The summed E-state index contributed by atoms with van der Waals surface area (Å²) in [5.74, 6) is 0.670. The highest BCUT2D eigenvalue weighted by Crippen LogP contribution is 2.32. The van der Waals surface area contributed by atoms with Crippen molar-refractivity contribution in [3.05, 3.63) is 69.6 Å². The number of rotatable bonds is 6. The van der Waals surface area contributed by atoms with E-state index in [9.17, 15) is 9.59 Å². The van der Waals surface area contributed by atoms with Crippen molar-refractivity contribution >= 4 is 16.7 Å². The average Bonchev–Trinajstić information content (AvgIpc) is 2.72. The number of benzene rings is 2. The van der Waals surface area contributed by atoms with Crippen LogP contribution in [0.15, 0.2) is 47.4 Å². The van der Waals surface area contributed by atoms with Crippen LogP contribution in [0.2, 0.25) is 0 Å². The Labute approximate surface area is 163 Å². The maximum atomic E-state index is 12.9. The molecule has 0 radical (unpaired) electrons. The molecule has 1 amide bonds. The van der Waals surface area contributed by atoms with E-state index in [1.54, 1.807) is 18.3 Å². The Hall–Kier alpha value is -3.28. The Balaban J connectivity index is 2.05. The topological polar surface area (TPSA) is 69.6 Å². The van der Waals surface area contributed by atoms with Gasteiger partial charge in [0.25, 0.3) is 11.5 Å². The van der Waals surface area contributed by atoms with Crippen molar-refractivity contribution in [2.45, 2.75) is 26.9 Å². The zero-order valence-corrected chi connectivity index (χ0v) is 16.5. The first-order chi connectivity index (χ1) is 13.5. The lowest BCUT2D eigenvalue weighted by Crippen LogP contribution is -2.27. The molecule has 0 atom stereocenters. The van der Waals surface area contributed by atoms with Crippen LogP contribution in [-0.4, -0.2) is 24.7 Å². The average molecular weight is 380 g/mol. The molecule has 1 aromatic heterocycles. The number of carbonyl (C=O) groups is 1. The van der Waals surface area contributed by atoms with E-state index in [0.717, 1.165) is 11.1 Å². The fourth-order valence-electron chi connectivity index (χ4n) is 3.12. The fraction of sp³-hybridized carbons (Fsp3) is 0.273. The first-order valence-corrected chi connectivity index (χ1v) is 9.11. The van der Waals surface area contributed by atoms with E-state index in [4.69, 9.17) is 9.47 Å². The van der Waals surface area contributed by atoms with E-state index in [1.807, 2.05) is 38.1 Å². The van der Waals surface area contributed by atoms with Crippen LogP contribution < -0.4 is 20.3 Å². The van der Waals surface area contributed by atoms with E-state index in [2.05, 4.69) is 5.32 Å². The predicted octanol–water partition coefficient (Wildman–Crippen LogP) is 3.28. The highest BCUT2D eigenvalue weighted by Gasteiger charge is 2.18. The number of pyridine rings is 1. The van der Waals surface area contributed by atoms with Gasteiger partial charge < -0.3 is 19.4 Å². The van der Waals surface area contributed by atoms with Gasteiger partial charge in [-0.25, -0.2) is 0 Å². The first kappa shape index (κ1) is 19.5. The summed E-state index contributed by atoms with van der Waals surface area (Å²) in [6.07, 6.45) is 1.60. The minimum Gasteiger partial charge on any atom is -0.493 e. The maximum Gasteiger partial charge on any atom is 0.258 e. The summed E-state index contributed by atoms with van der Waals surface area (Å²) in [4.78, 5) is 25.7. The molecule has 0 fully saturated rings. The molecular weight excluding hydrogens is 356 g/mol. The summed E-state index contributed by atoms with van der Waals surface area (Å²) in [6, 6.07) is 11.3. The van der Waals surface area contributed by atoms with Gasteiger partial charge in [0, 0.05) is 24.7 Å². The molecule has 3 rings (SSSR count). The minimum absolute atomic E-state index is 0.173. The van der Waals surface area contributed by atoms with Gasteiger partial charge in [-0.15, -0.1) is 0 Å². The number of ether oxygens (including phenoxy) is 2. The summed E-state index contributed by atoms with van der Waals surface area (Å²) in [5.41, 5.74) is 2.42. The van der Waals surface area contributed by atoms with Gasteiger partial charge in [-0.1, -0.05) is 29.8 Å². The van der Waals surface area contributed by atoms with Gasteiger partial charge in [0.15, 0.2) is 11.5 Å². The fourth-order valence-corrected chi connectivity index (χ4v) is 3.12. The van der Waals surface area contributed by atoms with Crippen molar-refractivity contribution in [2.24, 2.45) is 0 Å². The molecule has 1 heterocycles. The second kappa shape index (κ2) is 8.17. The Kier molecular flexibility index (Phi) is 5.68. The van der Waals surface area contributed by atoms with Crippen LogP contribution in [0.25, 0.3) is 10.8 Å². The number of nitrogens with zero attached hydrogens (tertiary/aromatic N) is 1. The Morgan fingerprint density at radius 3 is 2.21 bits per heavy atom.